The number of aliphatic carboxylic acids is 1. The number of hydrogen-bond acceptors (Lipinski definition) is 3. The molecule has 2 aromatic rings. The van der Waals surface area contributed by atoms with Gasteiger partial charge in [0.15, 0.2) is 0 Å². The molecule has 1 atom stereocenters. The third kappa shape index (κ3) is 2.73. The van der Waals surface area contributed by atoms with Gasteiger partial charge in [-0.25, -0.2) is 9.31 Å². The van der Waals surface area contributed by atoms with Crippen LogP contribution in [0.4, 0.5) is 0 Å². The third-order valence-electron chi connectivity index (χ3n) is 2.85. The van der Waals surface area contributed by atoms with Crippen LogP contribution in [0, 0.1) is 0 Å². The molecule has 2 heterocycles. The van der Waals surface area contributed by atoms with Gasteiger partial charge in [0.25, 0.3) is 5.91 Å². The molecule has 2 aromatic heterocycles. The van der Waals surface area contributed by atoms with Crippen molar-refractivity contribution in [3.63, 3.8) is 0 Å². The summed E-state index contributed by atoms with van der Waals surface area (Å²) in [5, 5.41) is 15.6. The summed E-state index contributed by atoms with van der Waals surface area (Å²) in [4.78, 5) is 23.1. The predicted octanol–water partition coefficient (Wildman–Crippen LogP) is 1.32. The number of amides is 1. The van der Waals surface area contributed by atoms with Crippen molar-refractivity contribution < 1.29 is 14.7 Å². The van der Waals surface area contributed by atoms with E-state index in [0.29, 0.717) is 23.9 Å². The van der Waals surface area contributed by atoms with Crippen molar-refractivity contribution in [3.8, 4) is 0 Å². The minimum absolute atomic E-state index is 0.378. The maximum absolute atomic E-state index is 12.1. The van der Waals surface area contributed by atoms with Crippen LogP contribution in [0.2, 0.25) is 0 Å². The van der Waals surface area contributed by atoms with E-state index in [1.54, 1.807) is 28.9 Å². The quantitative estimate of drug-likeness (QED) is 0.850. The van der Waals surface area contributed by atoms with Crippen LogP contribution in [0.1, 0.15) is 30.1 Å². The fraction of sp³-hybridized carbons (Fsp3) is 0.308. The van der Waals surface area contributed by atoms with Crippen LogP contribution in [0.25, 0.3) is 5.52 Å². The summed E-state index contributed by atoms with van der Waals surface area (Å²) < 4.78 is 1.57. The topological polar surface area (TPSA) is 83.7 Å². The molecule has 0 spiro atoms. The summed E-state index contributed by atoms with van der Waals surface area (Å²) in [5.74, 6) is -1.44. The van der Waals surface area contributed by atoms with Gasteiger partial charge < -0.3 is 10.4 Å². The molecule has 0 unspecified atom stereocenters. The van der Waals surface area contributed by atoms with Gasteiger partial charge in [0.2, 0.25) is 0 Å². The first-order valence-electron chi connectivity index (χ1n) is 6.09. The van der Waals surface area contributed by atoms with Gasteiger partial charge in [0.05, 0.1) is 17.3 Å². The highest BCUT2D eigenvalue weighted by Crippen LogP contribution is 2.10. The Labute approximate surface area is 110 Å². The summed E-state index contributed by atoms with van der Waals surface area (Å²) in [5.41, 5.74) is 1.03. The summed E-state index contributed by atoms with van der Waals surface area (Å²) >= 11 is 0. The largest absolute Gasteiger partial charge is 0.480 e. The van der Waals surface area contributed by atoms with Gasteiger partial charge in [-0.2, -0.15) is 5.10 Å². The lowest BCUT2D eigenvalue weighted by molar-refractivity contribution is -0.139. The number of carboxylic acids is 1. The third-order valence-corrected chi connectivity index (χ3v) is 2.85. The van der Waals surface area contributed by atoms with E-state index in [9.17, 15) is 9.59 Å². The Kier molecular flexibility index (Phi) is 3.79. The van der Waals surface area contributed by atoms with E-state index < -0.39 is 17.9 Å². The SMILES string of the molecule is CCC[C@H](NC(=O)c1cnn2ccccc12)C(=O)O. The fourth-order valence-corrected chi connectivity index (χ4v) is 1.89. The second-order valence-corrected chi connectivity index (χ2v) is 4.24. The fourth-order valence-electron chi connectivity index (χ4n) is 1.89. The lowest BCUT2D eigenvalue weighted by Crippen LogP contribution is -2.40. The zero-order valence-corrected chi connectivity index (χ0v) is 10.5. The standard InChI is InChI=1S/C13H15N3O3/c1-2-5-10(13(18)19)15-12(17)9-8-14-16-7-4-3-6-11(9)16/h3-4,6-8,10H,2,5H2,1H3,(H,15,17)(H,18,19)/t10-/m0/s1. The van der Waals surface area contributed by atoms with E-state index in [0.717, 1.165) is 0 Å². The molecule has 6 nitrogen and oxygen atoms in total. The molecule has 6 heteroatoms. The molecule has 0 aliphatic carbocycles. The van der Waals surface area contributed by atoms with Crippen molar-refractivity contribution in [3.05, 3.63) is 36.2 Å². The second-order valence-electron chi connectivity index (χ2n) is 4.24. The van der Waals surface area contributed by atoms with Crippen LogP contribution >= 0.6 is 0 Å². The number of pyridine rings is 1. The molecular formula is C13H15N3O3. The average molecular weight is 261 g/mol. The van der Waals surface area contributed by atoms with Gasteiger partial charge >= 0.3 is 5.97 Å². The summed E-state index contributed by atoms with van der Waals surface area (Å²) in [7, 11) is 0. The molecule has 0 saturated heterocycles. The Morgan fingerprint density at radius 1 is 1.47 bits per heavy atom. The molecule has 2 N–H and O–H groups in total. The molecule has 0 fully saturated rings. The Morgan fingerprint density at radius 2 is 2.26 bits per heavy atom. The van der Waals surface area contributed by atoms with Crippen LogP contribution in [-0.2, 0) is 4.79 Å². The van der Waals surface area contributed by atoms with Crippen LogP contribution in [0.3, 0.4) is 0 Å². The lowest BCUT2D eigenvalue weighted by atomic mass is 10.1. The van der Waals surface area contributed by atoms with Crippen LogP contribution in [0.5, 0.6) is 0 Å². The van der Waals surface area contributed by atoms with Gasteiger partial charge in [-0.1, -0.05) is 19.4 Å². The van der Waals surface area contributed by atoms with Crippen molar-refractivity contribution in [1.82, 2.24) is 14.9 Å². The smallest absolute Gasteiger partial charge is 0.326 e. The first-order valence-corrected chi connectivity index (χ1v) is 6.09. The summed E-state index contributed by atoms with van der Waals surface area (Å²) in [6.07, 6.45) is 4.26. The zero-order valence-electron chi connectivity index (χ0n) is 10.5. The van der Waals surface area contributed by atoms with Crippen molar-refractivity contribution in [1.29, 1.82) is 0 Å². The minimum atomic E-state index is -1.02. The molecular weight excluding hydrogens is 246 g/mol. The van der Waals surface area contributed by atoms with E-state index in [2.05, 4.69) is 10.4 Å². The Morgan fingerprint density at radius 3 is 2.95 bits per heavy atom. The maximum Gasteiger partial charge on any atom is 0.326 e. The lowest BCUT2D eigenvalue weighted by Gasteiger charge is -2.12. The molecule has 100 valence electrons. The summed E-state index contributed by atoms with van der Waals surface area (Å²) in [6.45, 7) is 1.87. The number of nitrogens with one attached hydrogen (secondary N) is 1. The zero-order chi connectivity index (χ0) is 13.8. The normalized spacial score (nSPS) is 12.3. The number of nitrogens with zero attached hydrogens (tertiary/aromatic N) is 2. The van der Waals surface area contributed by atoms with E-state index in [1.807, 2.05) is 6.92 Å². The minimum Gasteiger partial charge on any atom is -0.480 e. The van der Waals surface area contributed by atoms with Crippen molar-refractivity contribution in [2.45, 2.75) is 25.8 Å². The Balaban J connectivity index is 2.22. The van der Waals surface area contributed by atoms with Crippen LogP contribution in [-0.4, -0.2) is 32.6 Å². The maximum atomic E-state index is 12.1. The van der Waals surface area contributed by atoms with Crippen molar-refractivity contribution in [2.24, 2.45) is 0 Å². The number of hydrogen-bond donors (Lipinski definition) is 2. The molecule has 0 aromatic carbocycles. The molecule has 0 bridgehead atoms. The Bertz CT molecular complexity index is 606. The van der Waals surface area contributed by atoms with E-state index in [-0.39, 0.29) is 0 Å². The van der Waals surface area contributed by atoms with Gasteiger partial charge in [-0.3, -0.25) is 4.79 Å². The van der Waals surface area contributed by atoms with Gasteiger partial charge in [-0.05, 0) is 18.6 Å². The molecule has 0 saturated carbocycles. The number of aromatic nitrogens is 2. The van der Waals surface area contributed by atoms with Crippen molar-refractivity contribution in [2.75, 3.05) is 0 Å². The van der Waals surface area contributed by atoms with Gasteiger partial charge in [0, 0.05) is 6.20 Å². The van der Waals surface area contributed by atoms with E-state index >= 15 is 0 Å². The molecule has 0 radical (unpaired) electrons. The monoisotopic (exact) mass is 261 g/mol. The first kappa shape index (κ1) is 13.1. The van der Waals surface area contributed by atoms with E-state index in [1.165, 1.54) is 6.20 Å². The molecule has 1 amide bonds. The number of rotatable bonds is 5. The van der Waals surface area contributed by atoms with Gasteiger partial charge in [0.1, 0.15) is 6.04 Å². The van der Waals surface area contributed by atoms with Gasteiger partial charge in [-0.15, -0.1) is 0 Å². The highest BCUT2D eigenvalue weighted by atomic mass is 16.4. The number of fused-ring (bicyclic) bond motifs is 1. The van der Waals surface area contributed by atoms with Crippen LogP contribution in [0.15, 0.2) is 30.6 Å². The molecule has 2 rings (SSSR count). The second kappa shape index (κ2) is 5.51. The molecule has 19 heavy (non-hydrogen) atoms. The number of carboxylic acid groups (broad SMARTS) is 1. The molecule has 0 aliphatic heterocycles. The first-order chi connectivity index (χ1) is 9.13. The summed E-state index contributed by atoms with van der Waals surface area (Å²) in [6, 6.07) is 4.50. The van der Waals surface area contributed by atoms with E-state index in [4.69, 9.17) is 5.11 Å². The highest BCUT2D eigenvalue weighted by Gasteiger charge is 2.21. The average Bonchev–Trinajstić information content (AvgIpc) is 2.81. The predicted molar refractivity (Wildman–Crippen MR) is 69.0 cm³/mol. The van der Waals surface area contributed by atoms with Crippen LogP contribution < -0.4 is 5.32 Å². The number of carbonyl (C=O) groups is 2. The van der Waals surface area contributed by atoms with Crippen molar-refractivity contribution >= 4 is 17.4 Å². The highest BCUT2D eigenvalue weighted by molar-refractivity contribution is 6.02. The number of carbonyl (C=O) groups excluding carboxylic acids is 1. The molecule has 0 aliphatic rings. The Hall–Kier alpha value is -2.37.